The van der Waals surface area contributed by atoms with Crippen molar-refractivity contribution in [2.75, 3.05) is 6.61 Å². The number of rotatable bonds is 1. The lowest BCUT2D eigenvalue weighted by molar-refractivity contribution is -0.100. The van der Waals surface area contributed by atoms with Crippen molar-refractivity contribution in [3.63, 3.8) is 0 Å². The summed E-state index contributed by atoms with van der Waals surface area (Å²) in [5.41, 5.74) is 8.55. The Morgan fingerprint density at radius 2 is 2.47 bits per heavy atom. The van der Waals surface area contributed by atoms with Crippen molar-refractivity contribution in [3.8, 4) is 0 Å². The maximum absolute atomic E-state index is 6.07. The summed E-state index contributed by atoms with van der Waals surface area (Å²) in [6.07, 6.45) is 4.12. The van der Waals surface area contributed by atoms with Crippen molar-refractivity contribution in [2.45, 2.75) is 38.2 Å². The average molecular weight is 208 g/mol. The van der Waals surface area contributed by atoms with Crippen LogP contribution in [0.4, 0.5) is 0 Å². The molecule has 1 fully saturated rings. The van der Waals surface area contributed by atoms with E-state index >= 15 is 0 Å². The smallest absolute Gasteiger partial charge is 0.126 e. The fourth-order valence-corrected chi connectivity index (χ4v) is 2.43. The third kappa shape index (κ3) is 1.56. The molecule has 0 amide bonds. The van der Waals surface area contributed by atoms with Crippen molar-refractivity contribution in [3.05, 3.63) is 17.5 Å². The Balaban J connectivity index is 1.72. The number of ether oxygens (including phenoxy) is 1. The highest BCUT2D eigenvalue weighted by molar-refractivity contribution is 5.20. The van der Waals surface area contributed by atoms with E-state index in [1.807, 2.05) is 6.20 Å². The largest absolute Gasteiger partial charge is 0.361 e. The van der Waals surface area contributed by atoms with Crippen molar-refractivity contribution in [1.82, 2.24) is 15.1 Å². The third-order valence-corrected chi connectivity index (χ3v) is 3.24. The van der Waals surface area contributed by atoms with Gasteiger partial charge in [-0.2, -0.15) is 5.10 Å². The van der Waals surface area contributed by atoms with E-state index in [1.54, 1.807) is 0 Å². The predicted molar refractivity (Wildman–Crippen MR) is 54.8 cm³/mol. The first-order valence-electron chi connectivity index (χ1n) is 5.47. The summed E-state index contributed by atoms with van der Waals surface area (Å²) < 4.78 is 5.74. The molecular weight excluding hydrogens is 192 g/mol. The number of fused-ring (bicyclic) bond motifs is 1. The van der Waals surface area contributed by atoms with Gasteiger partial charge in [0.25, 0.3) is 0 Å². The molecular formula is C10H16N4O. The Kier molecular flexibility index (Phi) is 2.23. The van der Waals surface area contributed by atoms with Gasteiger partial charge in [-0.25, -0.2) is 0 Å². The van der Waals surface area contributed by atoms with Gasteiger partial charge < -0.3 is 10.5 Å². The van der Waals surface area contributed by atoms with Gasteiger partial charge in [0.1, 0.15) is 6.23 Å². The van der Waals surface area contributed by atoms with Crippen molar-refractivity contribution < 1.29 is 4.74 Å². The molecule has 0 radical (unpaired) electrons. The van der Waals surface area contributed by atoms with E-state index in [-0.39, 0.29) is 12.3 Å². The Bertz CT molecular complexity index is 330. The number of aromatic amines is 1. The normalized spacial score (nSPS) is 31.8. The van der Waals surface area contributed by atoms with Crippen molar-refractivity contribution in [2.24, 2.45) is 5.73 Å². The van der Waals surface area contributed by atoms with E-state index in [9.17, 15) is 0 Å². The van der Waals surface area contributed by atoms with Crippen LogP contribution < -0.4 is 5.73 Å². The summed E-state index contributed by atoms with van der Waals surface area (Å²) in [4.78, 5) is 2.28. The van der Waals surface area contributed by atoms with Crippen molar-refractivity contribution >= 4 is 0 Å². The number of aromatic nitrogens is 2. The fourth-order valence-electron chi connectivity index (χ4n) is 2.43. The first-order valence-corrected chi connectivity index (χ1v) is 5.47. The lowest BCUT2D eigenvalue weighted by Crippen LogP contribution is -2.50. The van der Waals surface area contributed by atoms with Gasteiger partial charge in [-0.3, -0.25) is 10.00 Å². The molecule has 1 aromatic heterocycles. The lowest BCUT2D eigenvalue weighted by atomic mass is 10.1. The van der Waals surface area contributed by atoms with E-state index in [0.717, 1.165) is 32.5 Å². The first kappa shape index (κ1) is 9.33. The fraction of sp³-hybridized carbons (Fsp3) is 0.700. The SMILES string of the molecule is NC1CCCOC1N1Cc2cn[nH]c2C1. The van der Waals surface area contributed by atoms with Gasteiger partial charge in [-0.15, -0.1) is 0 Å². The number of nitrogens with zero attached hydrogens (tertiary/aromatic N) is 2. The van der Waals surface area contributed by atoms with Gasteiger partial charge in [0.05, 0.1) is 11.9 Å². The molecule has 0 saturated carbocycles. The van der Waals surface area contributed by atoms with Gasteiger partial charge >= 0.3 is 0 Å². The van der Waals surface area contributed by atoms with Crippen LogP contribution in [0.5, 0.6) is 0 Å². The zero-order chi connectivity index (χ0) is 10.3. The Hall–Kier alpha value is -0.910. The molecule has 1 aromatic rings. The van der Waals surface area contributed by atoms with Crippen molar-refractivity contribution in [1.29, 1.82) is 0 Å². The van der Waals surface area contributed by atoms with Gasteiger partial charge in [-0.1, -0.05) is 0 Å². The minimum atomic E-state index is 0.0829. The minimum absolute atomic E-state index is 0.0829. The van der Waals surface area contributed by atoms with E-state index < -0.39 is 0 Å². The van der Waals surface area contributed by atoms with Crippen LogP contribution >= 0.6 is 0 Å². The van der Waals surface area contributed by atoms with Gasteiger partial charge in [-0.05, 0) is 12.8 Å². The average Bonchev–Trinajstić information content (AvgIpc) is 2.77. The zero-order valence-electron chi connectivity index (χ0n) is 8.65. The van der Waals surface area contributed by atoms with Crippen LogP contribution in [0.1, 0.15) is 24.1 Å². The molecule has 2 aliphatic rings. The molecule has 5 heteroatoms. The molecule has 0 aliphatic carbocycles. The van der Waals surface area contributed by atoms with E-state index in [4.69, 9.17) is 10.5 Å². The van der Waals surface area contributed by atoms with Crippen LogP contribution in [0.15, 0.2) is 6.20 Å². The maximum Gasteiger partial charge on any atom is 0.126 e. The van der Waals surface area contributed by atoms with Gasteiger partial charge in [0.15, 0.2) is 0 Å². The lowest BCUT2D eigenvalue weighted by Gasteiger charge is -2.35. The molecule has 82 valence electrons. The predicted octanol–water partition coefficient (Wildman–Crippen LogP) is 0.189. The highest BCUT2D eigenvalue weighted by Gasteiger charge is 2.33. The number of hydrogen-bond donors (Lipinski definition) is 2. The second-order valence-corrected chi connectivity index (χ2v) is 4.35. The Morgan fingerprint density at radius 1 is 1.53 bits per heavy atom. The number of nitrogens with one attached hydrogen (secondary N) is 1. The molecule has 0 spiro atoms. The Labute approximate surface area is 88.6 Å². The van der Waals surface area contributed by atoms with E-state index in [1.165, 1.54) is 11.3 Å². The summed E-state index contributed by atoms with van der Waals surface area (Å²) in [6.45, 7) is 2.62. The standard InChI is InChI=1S/C10H16N4O/c11-8-2-1-3-15-10(8)14-5-7-4-12-13-9(7)6-14/h4,8,10H,1-3,5-6,11H2,(H,12,13). The molecule has 3 N–H and O–H groups in total. The van der Waals surface area contributed by atoms with Crippen LogP contribution in [0, 0.1) is 0 Å². The molecule has 3 heterocycles. The van der Waals surface area contributed by atoms with Crippen LogP contribution in [0.25, 0.3) is 0 Å². The first-order chi connectivity index (χ1) is 7.34. The molecule has 0 bridgehead atoms. The highest BCUT2D eigenvalue weighted by Crippen LogP contribution is 2.26. The molecule has 0 aromatic carbocycles. The molecule has 2 aliphatic heterocycles. The summed E-state index contributed by atoms with van der Waals surface area (Å²) in [7, 11) is 0. The second kappa shape index (κ2) is 3.59. The number of hydrogen-bond acceptors (Lipinski definition) is 4. The molecule has 5 nitrogen and oxygen atoms in total. The van der Waals surface area contributed by atoms with Crippen LogP contribution in [0.2, 0.25) is 0 Å². The minimum Gasteiger partial charge on any atom is -0.361 e. The monoisotopic (exact) mass is 208 g/mol. The van der Waals surface area contributed by atoms with Crippen LogP contribution in [0.3, 0.4) is 0 Å². The molecule has 1 saturated heterocycles. The quantitative estimate of drug-likeness (QED) is 0.691. The van der Waals surface area contributed by atoms with Crippen LogP contribution in [-0.4, -0.2) is 34.0 Å². The summed E-state index contributed by atoms with van der Waals surface area (Å²) >= 11 is 0. The van der Waals surface area contributed by atoms with E-state index in [2.05, 4.69) is 15.1 Å². The third-order valence-electron chi connectivity index (χ3n) is 3.24. The summed E-state index contributed by atoms with van der Waals surface area (Å²) in [5, 5.41) is 7.03. The topological polar surface area (TPSA) is 67.2 Å². The van der Waals surface area contributed by atoms with Gasteiger partial charge in [0, 0.05) is 31.3 Å². The summed E-state index contributed by atoms with van der Waals surface area (Å²) in [5.74, 6) is 0. The Morgan fingerprint density at radius 3 is 3.27 bits per heavy atom. The van der Waals surface area contributed by atoms with Gasteiger partial charge in [0.2, 0.25) is 0 Å². The maximum atomic E-state index is 6.07. The molecule has 2 unspecified atom stereocenters. The molecule has 3 rings (SSSR count). The van der Waals surface area contributed by atoms with E-state index in [0.29, 0.717) is 0 Å². The molecule has 2 atom stereocenters. The highest BCUT2D eigenvalue weighted by atomic mass is 16.5. The number of H-pyrrole nitrogens is 1. The van der Waals surface area contributed by atoms with Crippen LogP contribution in [-0.2, 0) is 17.8 Å². The summed E-state index contributed by atoms with van der Waals surface area (Å²) in [6, 6.07) is 0.149. The zero-order valence-corrected chi connectivity index (χ0v) is 8.65. The molecule has 15 heavy (non-hydrogen) atoms. The number of nitrogens with two attached hydrogens (primary N) is 1. The second-order valence-electron chi connectivity index (χ2n) is 4.35.